The molecule has 1 amide bonds. The van der Waals surface area contributed by atoms with E-state index in [1.54, 1.807) is 12.1 Å². The third-order valence-corrected chi connectivity index (χ3v) is 3.50. The summed E-state index contributed by atoms with van der Waals surface area (Å²) in [7, 11) is 0. The fourth-order valence-electron chi connectivity index (χ4n) is 2.02. The van der Waals surface area contributed by atoms with Crippen LogP contribution in [0.25, 0.3) is 0 Å². The number of benzene rings is 2. The van der Waals surface area contributed by atoms with Crippen molar-refractivity contribution < 1.29 is 4.79 Å². The molecule has 0 saturated carbocycles. The lowest BCUT2D eigenvalue weighted by Gasteiger charge is -2.13. The van der Waals surface area contributed by atoms with Crippen LogP contribution in [-0.4, -0.2) is 12.5 Å². The Kier molecular flexibility index (Phi) is 5.19. The van der Waals surface area contributed by atoms with Crippen LogP contribution < -0.4 is 5.32 Å². The largest absolute Gasteiger partial charge is 0.355 e. The maximum atomic E-state index is 11.9. The van der Waals surface area contributed by atoms with Crippen molar-refractivity contribution in [1.82, 2.24) is 5.32 Å². The Hall–Kier alpha value is -1.80. The lowest BCUT2D eigenvalue weighted by molar-refractivity contribution is -0.120. The molecule has 104 valence electrons. The van der Waals surface area contributed by atoms with Crippen LogP contribution in [0.15, 0.2) is 54.6 Å². The molecule has 0 radical (unpaired) electrons. The molecule has 2 rings (SSSR count). The van der Waals surface area contributed by atoms with Gasteiger partial charge in [0.15, 0.2) is 0 Å². The van der Waals surface area contributed by atoms with Crippen LogP contribution in [0.1, 0.15) is 24.0 Å². The molecule has 2 nitrogen and oxygen atoms in total. The van der Waals surface area contributed by atoms with Crippen LogP contribution in [0, 0.1) is 0 Å². The molecule has 2 aromatic carbocycles. The van der Waals surface area contributed by atoms with Gasteiger partial charge in [0.1, 0.15) is 0 Å². The Morgan fingerprint density at radius 1 is 1.10 bits per heavy atom. The van der Waals surface area contributed by atoms with E-state index in [1.165, 1.54) is 5.56 Å². The average molecular weight is 288 g/mol. The molecule has 0 aliphatic carbocycles. The normalized spacial score (nSPS) is 11.9. The predicted octanol–water partition coefficient (Wildman–Crippen LogP) is 3.80. The van der Waals surface area contributed by atoms with E-state index >= 15 is 0 Å². The third kappa shape index (κ3) is 4.39. The van der Waals surface area contributed by atoms with Crippen LogP contribution in [0.5, 0.6) is 0 Å². The zero-order chi connectivity index (χ0) is 14.4. The molecule has 20 heavy (non-hydrogen) atoms. The van der Waals surface area contributed by atoms with Gasteiger partial charge >= 0.3 is 0 Å². The number of hydrogen-bond donors (Lipinski definition) is 1. The van der Waals surface area contributed by atoms with Crippen LogP contribution >= 0.6 is 11.6 Å². The highest BCUT2D eigenvalue weighted by Crippen LogP contribution is 2.13. The molecule has 1 N–H and O–H groups in total. The van der Waals surface area contributed by atoms with Gasteiger partial charge in [-0.3, -0.25) is 4.79 Å². The quantitative estimate of drug-likeness (QED) is 0.890. The van der Waals surface area contributed by atoms with Crippen molar-refractivity contribution in [2.75, 3.05) is 6.54 Å². The molecule has 0 fully saturated rings. The van der Waals surface area contributed by atoms with Crippen LogP contribution in [-0.2, 0) is 11.2 Å². The lowest BCUT2D eigenvalue weighted by Crippen LogP contribution is -2.28. The van der Waals surface area contributed by atoms with Crippen molar-refractivity contribution in [2.45, 2.75) is 19.3 Å². The number of halogens is 1. The summed E-state index contributed by atoms with van der Waals surface area (Å²) in [4.78, 5) is 11.9. The van der Waals surface area contributed by atoms with Gasteiger partial charge in [-0.25, -0.2) is 0 Å². The number of nitrogens with one attached hydrogen (secondary N) is 1. The summed E-state index contributed by atoms with van der Waals surface area (Å²) in [6.45, 7) is 2.76. The monoisotopic (exact) mass is 287 g/mol. The fourth-order valence-corrected chi connectivity index (χ4v) is 2.14. The van der Waals surface area contributed by atoms with E-state index in [2.05, 4.69) is 24.4 Å². The molecule has 0 unspecified atom stereocenters. The molecule has 2 aromatic rings. The first-order valence-corrected chi connectivity index (χ1v) is 7.09. The zero-order valence-corrected chi connectivity index (χ0v) is 12.2. The van der Waals surface area contributed by atoms with Gasteiger partial charge in [0.25, 0.3) is 0 Å². The highest BCUT2D eigenvalue weighted by atomic mass is 35.5. The fraction of sp³-hybridized carbons (Fsp3) is 0.235. The zero-order valence-electron chi connectivity index (χ0n) is 11.5. The molecule has 1 atom stereocenters. The summed E-state index contributed by atoms with van der Waals surface area (Å²) in [5, 5.41) is 3.66. The molecule has 0 saturated heterocycles. The number of carbonyl (C=O) groups is 1. The Morgan fingerprint density at radius 2 is 1.75 bits per heavy atom. The van der Waals surface area contributed by atoms with Gasteiger partial charge < -0.3 is 5.32 Å². The van der Waals surface area contributed by atoms with Crippen molar-refractivity contribution in [3.05, 3.63) is 70.7 Å². The summed E-state index contributed by atoms with van der Waals surface area (Å²) in [5.74, 6) is 0.348. The highest BCUT2D eigenvalue weighted by molar-refractivity contribution is 6.30. The minimum Gasteiger partial charge on any atom is -0.355 e. The molecule has 0 spiro atoms. The topological polar surface area (TPSA) is 29.1 Å². The van der Waals surface area contributed by atoms with Gasteiger partial charge in [-0.05, 0) is 29.2 Å². The molecular weight excluding hydrogens is 270 g/mol. The molecule has 0 aliphatic rings. The van der Waals surface area contributed by atoms with Gasteiger partial charge in [0.2, 0.25) is 5.91 Å². The standard InChI is InChI=1S/C17H18ClNO/c1-13(15-5-3-2-4-6-15)12-19-17(20)11-14-7-9-16(18)10-8-14/h2-10,13H,11-12H2,1H3,(H,19,20)/t13-/m1/s1. The molecule has 0 aromatic heterocycles. The Bertz CT molecular complexity index is 551. The Balaban J connectivity index is 1.82. The van der Waals surface area contributed by atoms with E-state index in [0.717, 1.165) is 5.56 Å². The second kappa shape index (κ2) is 7.11. The number of amides is 1. The summed E-state index contributed by atoms with van der Waals surface area (Å²) >= 11 is 5.82. The number of hydrogen-bond acceptors (Lipinski definition) is 1. The minimum atomic E-state index is 0.0371. The first-order chi connectivity index (χ1) is 9.65. The molecule has 3 heteroatoms. The van der Waals surface area contributed by atoms with Gasteiger partial charge in [0.05, 0.1) is 6.42 Å². The Morgan fingerprint density at radius 3 is 2.40 bits per heavy atom. The van der Waals surface area contributed by atoms with E-state index in [0.29, 0.717) is 23.9 Å². The van der Waals surface area contributed by atoms with Gasteiger partial charge in [-0.1, -0.05) is 61.0 Å². The van der Waals surface area contributed by atoms with Crippen LogP contribution in [0.2, 0.25) is 5.02 Å². The smallest absolute Gasteiger partial charge is 0.224 e. The highest BCUT2D eigenvalue weighted by Gasteiger charge is 2.08. The molecule has 0 bridgehead atoms. The van der Waals surface area contributed by atoms with E-state index < -0.39 is 0 Å². The van der Waals surface area contributed by atoms with Crippen molar-refractivity contribution in [3.63, 3.8) is 0 Å². The third-order valence-electron chi connectivity index (χ3n) is 3.25. The van der Waals surface area contributed by atoms with E-state index in [-0.39, 0.29) is 5.91 Å². The van der Waals surface area contributed by atoms with Crippen LogP contribution in [0.4, 0.5) is 0 Å². The molecular formula is C17H18ClNO. The Labute approximate surface area is 124 Å². The second-order valence-electron chi connectivity index (χ2n) is 4.92. The van der Waals surface area contributed by atoms with Gasteiger partial charge in [0, 0.05) is 11.6 Å². The van der Waals surface area contributed by atoms with Crippen LogP contribution in [0.3, 0.4) is 0 Å². The van der Waals surface area contributed by atoms with Crippen molar-refractivity contribution in [1.29, 1.82) is 0 Å². The molecule has 0 aliphatic heterocycles. The maximum Gasteiger partial charge on any atom is 0.224 e. The van der Waals surface area contributed by atoms with Crippen molar-refractivity contribution in [3.8, 4) is 0 Å². The van der Waals surface area contributed by atoms with E-state index in [1.807, 2.05) is 30.3 Å². The molecule has 0 heterocycles. The summed E-state index contributed by atoms with van der Waals surface area (Å²) in [5.41, 5.74) is 2.21. The first-order valence-electron chi connectivity index (χ1n) is 6.71. The average Bonchev–Trinajstić information content (AvgIpc) is 2.48. The number of carbonyl (C=O) groups excluding carboxylic acids is 1. The predicted molar refractivity (Wildman–Crippen MR) is 83.0 cm³/mol. The van der Waals surface area contributed by atoms with Crippen molar-refractivity contribution in [2.24, 2.45) is 0 Å². The van der Waals surface area contributed by atoms with Crippen molar-refractivity contribution >= 4 is 17.5 Å². The maximum absolute atomic E-state index is 11.9. The summed E-state index contributed by atoms with van der Waals surface area (Å²) in [6, 6.07) is 17.5. The minimum absolute atomic E-state index is 0.0371. The second-order valence-corrected chi connectivity index (χ2v) is 5.36. The van der Waals surface area contributed by atoms with Gasteiger partial charge in [-0.15, -0.1) is 0 Å². The van der Waals surface area contributed by atoms with E-state index in [4.69, 9.17) is 11.6 Å². The van der Waals surface area contributed by atoms with Gasteiger partial charge in [-0.2, -0.15) is 0 Å². The SMILES string of the molecule is C[C@H](CNC(=O)Cc1ccc(Cl)cc1)c1ccccc1. The first kappa shape index (κ1) is 14.6. The lowest BCUT2D eigenvalue weighted by atomic mass is 10.0. The summed E-state index contributed by atoms with van der Waals surface area (Å²) in [6.07, 6.45) is 0.388. The summed E-state index contributed by atoms with van der Waals surface area (Å²) < 4.78 is 0. The van der Waals surface area contributed by atoms with E-state index in [9.17, 15) is 4.79 Å². The number of rotatable bonds is 5.